The highest BCUT2D eigenvalue weighted by Crippen LogP contribution is 2.30. The number of primary amides is 2. The number of phenols is 1. The second-order valence-electron chi connectivity index (χ2n) is 12.6. The SMILES string of the molecule is CN(C)C(=O)Nc1cccc(C(F)(F)F)c1.CN(C)C(=O)Nc1ccccc1O.CN(C)C(N)=O.Cc1ccc(NC(=O)N(C)C)cc1Cl.NC(=O)Nc1ccccc1. The maximum atomic E-state index is 12.3. The molecule has 0 aliphatic heterocycles. The topological polar surface area (TPSA) is 219 Å². The van der Waals surface area contributed by atoms with Crippen molar-refractivity contribution in [1.29, 1.82) is 0 Å². The van der Waals surface area contributed by atoms with Crippen molar-refractivity contribution in [3.63, 3.8) is 0 Å². The fraction of sp³-hybridized carbons (Fsp3) is 0.256. The van der Waals surface area contributed by atoms with Crippen molar-refractivity contribution in [3.05, 3.63) is 113 Å². The zero-order chi connectivity index (χ0) is 45.5. The van der Waals surface area contributed by atoms with Crippen LogP contribution in [0, 0.1) is 6.92 Å². The molecular weight excluding hydrogens is 797 g/mol. The molecule has 0 radical (unpaired) electrons. The minimum absolute atomic E-state index is 0.0673. The first-order valence-electron chi connectivity index (χ1n) is 17.1. The highest BCUT2D eigenvalue weighted by molar-refractivity contribution is 6.31. The van der Waals surface area contributed by atoms with Crippen molar-refractivity contribution in [2.45, 2.75) is 13.1 Å². The Morgan fingerprint density at radius 3 is 1.44 bits per heavy atom. The molecule has 0 saturated heterocycles. The molecule has 322 valence electrons. The summed E-state index contributed by atoms with van der Waals surface area (Å²) in [5.41, 5.74) is 11.8. The van der Waals surface area contributed by atoms with Gasteiger partial charge in [0.05, 0.1) is 11.3 Å². The predicted octanol–water partition coefficient (Wildman–Crippen LogP) is 7.83. The first-order valence-corrected chi connectivity index (χ1v) is 17.5. The molecule has 4 rings (SSSR count). The van der Waals surface area contributed by atoms with E-state index >= 15 is 0 Å². The van der Waals surface area contributed by atoms with Crippen LogP contribution >= 0.6 is 11.6 Å². The summed E-state index contributed by atoms with van der Waals surface area (Å²) < 4.78 is 37.0. The summed E-state index contributed by atoms with van der Waals surface area (Å²) in [6, 6.07) is 23.7. The van der Waals surface area contributed by atoms with Crippen LogP contribution in [0.5, 0.6) is 5.75 Å². The number of benzene rings is 4. The summed E-state index contributed by atoms with van der Waals surface area (Å²) >= 11 is 5.91. The summed E-state index contributed by atoms with van der Waals surface area (Å²) in [6.07, 6.45) is -4.40. The van der Waals surface area contributed by atoms with Gasteiger partial charge in [0.15, 0.2) is 0 Å². The molecule has 59 heavy (non-hydrogen) atoms. The van der Waals surface area contributed by atoms with Crippen LogP contribution in [-0.4, -0.2) is 111 Å². The predicted molar refractivity (Wildman–Crippen MR) is 227 cm³/mol. The number of amides is 10. The second kappa shape index (κ2) is 26.1. The molecule has 4 aromatic carbocycles. The van der Waals surface area contributed by atoms with Gasteiger partial charge in [-0.05, 0) is 67.1 Å². The van der Waals surface area contributed by atoms with Crippen molar-refractivity contribution < 1.29 is 42.3 Å². The molecule has 0 spiro atoms. The molecule has 0 heterocycles. The van der Waals surface area contributed by atoms with Crippen molar-refractivity contribution in [3.8, 4) is 5.75 Å². The number of hydrogen-bond donors (Lipinski definition) is 7. The quantitative estimate of drug-likeness (QED) is 0.101. The van der Waals surface area contributed by atoms with E-state index in [0.717, 1.165) is 23.4 Å². The Morgan fingerprint density at radius 2 is 1.02 bits per heavy atom. The standard InChI is InChI=1S/C10H13ClN2O.C10H11F3N2O.C9H12N2O2.C7H8N2O.C3H8N2O/c1-7-4-5-8(6-9(7)11)12-10(14)13(2)3;1-15(2)9(16)14-8-5-3-4-7(6-8)10(11,12)13;1-11(2)9(13)10-7-5-3-4-6-8(7)12;8-7(10)9-6-4-2-1-3-5-6;1-5(2)3(4)6/h4-6H,1-3H3,(H,12,14);3-6H,1-2H3,(H,14,16);3-6,12H,1-2H3,(H,10,13);1-5H,(H3,8,9,10);1-2H3,(H2,4,6). The Kier molecular flexibility index (Phi) is 23.1. The first kappa shape index (κ1) is 52.1. The highest BCUT2D eigenvalue weighted by atomic mass is 35.5. The number of aromatic hydroxyl groups is 1. The molecule has 10 amide bonds. The van der Waals surface area contributed by atoms with Gasteiger partial charge in [-0.25, -0.2) is 24.0 Å². The number of alkyl halides is 3. The summed E-state index contributed by atoms with van der Waals surface area (Å²) in [6.45, 7) is 1.92. The Labute approximate surface area is 346 Å². The van der Waals surface area contributed by atoms with E-state index in [0.29, 0.717) is 16.4 Å². The van der Waals surface area contributed by atoms with E-state index in [1.807, 2.05) is 37.3 Å². The molecular formula is C39H52ClF3N10O6. The summed E-state index contributed by atoms with van der Waals surface area (Å²) in [7, 11) is 12.8. The van der Waals surface area contributed by atoms with Crippen LogP contribution < -0.4 is 32.7 Å². The largest absolute Gasteiger partial charge is 0.506 e. The summed E-state index contributed by atoms with van der Waals surface area (Å²) in [5, 5.41) is 20.0. The molecule has 0 aliphatic rings. The van der Waals surface area contributed by atoms with E-state index in [1.54, 1.807) is 78.7 Å². The highest BCUT2D eigenvalue weighted by Gasteiger charge is 2.30. The monoisotopic (exact) mass is 848 g/mol. The average Bonchev–Trinajstić information content (AvgIpc) is 3.15. The number of nitrogens with one attached hydrogen (secondary N) is 4. The van der Waals surface area contributed by atoms with E-state index in [2.05, 4.69) is 21.3 Å². The number of carbonyl (C=O) groups excluding carboxylic acids is 5. The van der Waals surface area contributed by atoms with Crippen LogP contribution in [0.2, 0.25) is 5.02 Å². The molecule has 0 fully saturated rings. The summed E-state index contributed by atoms with van der Waals surface area (Å²) in [4.78, 5) is 59.2. The first-order chi connectivity index (χ1) is 27.3. The van der Waals surface area contributed by atoms with Gasteiger partial charge < -0.3 is 57.4 Å². The molecule has 0 bridgehead atoms. The molecule has 9 N–H and O–H groups in total. The third-order valence-corrected chi connectivity index (χ3v) is 7.12. The number of hydrogen-bond acceptors (Lipinski definition) is 6. The fourth-order valence-corrected chi connectivity index (χ4v) is 3.57. The average molecular weight is 849 g/mol. The van der Waals surface area contributed by atoms with Crippen LogP contribution in [0.15, 0.2) is 97.1 Å². The smallest absolute Gasteiger partial charge is 0.416 e. The van der Waals surface area contributed by atoms with E-state index < -0.39 is 29.8 Å². The molecule has 0 saturated carbocycles. The molecule has 20 heteroatoms. The van der Waals surface area contributed by atoms with Crippen molar-refractivity contribution in [1.82, 2.24) is 19.6 Å². The van der Waals surface area contributed by atoms with Gasteiger partial charge in [-0.2, -0.15) is 13.2 Å². The molecule has 0 aromatic heterocycles. The van der Waals surface area contributed by atoms with Gasteiger partial charge in [-0.3, -0.25) is 0 Å². The van der Waals surface area contributed by atoms with Gasteiger partial charge in [-0.15, -0.1) is 0 Å². The third kappa shape index (κ3) is 23.1. The second-order valence-corrected chi connectivity index (χ2v) is 13.0. The van der Waals surface area contributed by atoms with E-state index in [9.17, 15) is 42.3 Å². The lowest BCUT2D eigenvalue weighted by atomic mass is 10.2. The van der Waals surface area contributed by atoms with Gasteiger partial charge in [0.1, 0.15) is 5.75 Å². The van der Waals surface area contributed by atoms with Crippen molar-refractivity contribution in [2.75, 3.05) is 77.6 Å². The lowest BCUT2D eigenvalue weighted by Crippen LogP contribution is -2.27. The zero-order valence-electron chi connectivity index (χ0n) is 34.2. The molecule has 0 aliphatic carbocycles. The molecule has 16 nitrogen and oxygen atoms in total. The van der Waals surface area contributed by atoms with Crippen LogP contribution in [0.3, 0.4) is 0 Å². The van der Waals surface area contributed by atoms with Crippen LogP contribution in [0.1, 0.15) is 11.1 Å². The van der Waals surface area contributed by atoms with E-state index in [-0.39, 0.29) is 23.5 Å². The number of halogens is 4. The number of phenolic OH excluding ortho intramolecular Hbond substituents is 1. The van der Waals surface area contributed by atoms with Crippen LogP contribution in [-0.2, 0) is 6.18 Å². The van der Waals surface area contributed by atoms with Gasteiger partial charge in [0.2, 0.25) is 0 Å². The van der Waals surface area contributed by atoms with Gasteiger partial charge >= 0.3 is 36.3 Å². The van der Waals surface area contributed by atoms with Crippen molar-refractivity contribution in [2.24, 2.45) is 11.5 Å². The maximum Gasteiger partial charge on any atom is 0.416 e. The number of nitrogens with zero attached hydrogens (tertiary/aromatic N) is 4. The number of anilines is 4. The lowest BCUT2D eigenvalue weighted by Gasteiger charge is -2.13. The number of carbonyl (C=O) groups is 5. The minimum Gasteiger partial charge on any atom is -0.506 e. The maximum absolute atomic E-state index is 12.3. The van der Waals surface area contributed by atoms with Gasteiger partial charge in [-0.1, -0.05) is 54.1 Å². The van der Waals surface area contributed by atoms with E-state index in [4.69, 9.17) is 23.1 Å². The molecule has 4 aromatic rings. The fourth-order valence-electron chi connectivity index (χ4n) is 3.38. The zero-order valence-corrected chi connectivity index (χ0v) is 34.9. The molecule has 0 unspecified atom stereocenters. The number of para-hydroxylation sites is 3. The van der Waals surface area contributed by atoms with Crippen LogP contribution in [0.25, 0.3) is 0 Å². The Morgan fingerprint density at radius 1 is 0.576 bits per heavy atom. The van der Waals surface area contributed by atoms with Crippen LogP contribution in [0.4, 0.5) is 59.9 Å². The Hall–Kier alpha value is -6.89. The third-order valence-electron chi connectivity index (χ3n) is 6.71. The Bertz CT molecular complexity index is 1950. The van der Waals surface area contributed by atoms with Gasteiger partial charge in [0, 0.05) is 78.5 Å². The number of rotatable bonds is 4. The summed E-state index contributed by atoms with van der Waals surface area (Å²) in [5.74, 6) is 0.0673. The van der Waals surface area contributed by atoms with E-state index in [1.165, 1.54) is 51.9 Å². The number of nitrogens with two attached hydrogens (primary N) is 2. The number of aryl methyl sites for hydroxylation is 1. The Balaban J connectivity index is 0.000000733. The normalized spacial score (nSPS) is 9.64. The number of urea groups is 5. The van der Waals surface area contributed by atoms with Gasteiger partial charge in [0.25, 0.3) is 0 Å². The molecule has 0 atom stereocenters. The van der Waals surface area contributed by atoms with Crippen molar-refractivity contribution >= 4 is 64.5 Å². The minimum atomic E-state index is -4.40. The lowest BCUT2D eigenvalue weighted by molar-refractivity contribution is -0.137.